The van der Waals surface area contributed by atoms with Gasteiger partial charge in [0.1, 0.15) is 24.5 Å². The van der Waals surface area contributed by atoms with Gasteiger partial charge in [0.05, 0.1) is 12.8 Å². The maximum Gasteiger partial charge on any atom is 0.243 e. The van der Waals surface area contributed by atoms with E-state index in [0.29, 0.717) is 25.6 Å². The van der Waals surface area contributed by atoms with Crippen LogP contribution in [0.15, 0.2) is 34.1 Å². The van der Waals surface area contributed by atoms with E-state index in [2.05, 4.69) is 25.8 Å². The first-order valence-electron chi connectivity index (χ1n) is 8.21. The Hall–Kier alpha value is -2.11. The number of aryl methyl sites for hydroxylation is 1. The molecular weight excluding hydrogens is 449 g/mol. The number of aromatic nitrogens is 3. The predicted octanol–water partition coefficient (Wildman–Crippen LogP) is 0.875. The molecule has 0 saturated carbocycles. The fraction of sp³-hybridized carbons (Fsp3) is 0.500. The van der Waals surface area contributed by atoms with E-state index in [9.17, 15) is 4.79 Å². The molecule has 0 unspecified atom stereocenters. The van der Waals surface area contributed by atoms with Gasteiger partial charge in [-0.25, -0.2) is 4.99 Å². The standard InChI is InChI=1S/C16H25N7O2.HI/c1-4-14-21-20-12-23(14)8-7-17-16(19-11-15(24)22(2)3)18-10-13-6-5-9-25-13;/h5-6,9,12H,4,7-8,10-11H2,1-3H3,(H2,17,18,19);1H. The monoisotopic (exact) mass is 475 g/mol. The molecule has 0 aliphatic carbocycles. The van der Waals surface area contributed by atoms with Crippen molar-refractivity contribution >= 4 is 35.8 Å². The van der Waals surface area contributed by atoms with Crippen LogP contribution in [0.5, 0.6) is 0 Å². The van der Waals surface area contributed by atoms with E-state index < -0.39 is 0 Å². The molecule has 0 atom stereocenters. The van der Waals surface area contributed by atoms with Crippen molar-refractivity contribution in [2.45, 2.75) is 26.4 Å². The first kappa shape index (κ1) is 21.9. The third-order valence-corrected chi connectivity index (χ3v) is 3.54. The lowest BCUT2D eigenvalue weighted by molar-refractivity contribution is -0.127. The van der Waals surface area contributed by atoms with Crippen molar-refractivity contribution in [3.8, 4) is 0 Å². The number of likely N-dealkylation sites (N-methyl/N-ethyl adjacent to an activating group) is 1. The molecule has 10 heteroatoms. The van der Waals surface area contributed by atoms with Gasteiger partial charge in [0.25, 0.3) is 0 Å². The molecule has 0 aliphatic rings. The Bertz CT molecular complexity index is 683. The van der Waals surface area contributed by atoms with Gasteiger partial charge >= 0.3 is 0 Å². The number of rotatable bonds is 8. The molecule has 1 amide bonds. The van der Waals surface area contributed by atoms with Crippen LogP contribution in [0.2, 0.25) is 0 Å². The number of halogens is 1. The van der Waals surface area contributed by atoms with Crippen molar-refractivity contribution in [2.75, 3.05) is 27.2 Å². The van der Waals surface area contributed by atoms with Crippen LogP contribution in [0.4, 0.5) is 0 Å². The summed E-state index contributed by atoms with van der Waals surface area (Å²) in [6.45, 7) is 3.94. The number of hydrogen-bond acceptors (Lipinski definition) is 5. The molecule has 26 heavy (non-hydrogen) atoms. The number of amides is 1. The van der Waals surface area contributed by atoms with Gasteiger partial charge in [0.2, 0.25) is 5.91 Å². The van der Waals surface area contributed by atoms with Crippen molar-refractivity contribution in [3.05, 3.63) is 36.3 Å². The lowest BCUT2D eigenvalue weighted by Crippen LogP contribution is -2.39. The maximum atomic E-state index is 11.7. The molecule has 2 heterocycles. The summed E-state index contributed by atoms with van der Waals surface area (Å²) in [6, 6.07) is 3.70. The molecule has 0 aliphatic heterocycles. The van der Waals surface area contributed by atoms with E-state index >= 15 is 0 Å². The van der Waals surface area contributed by atoms with Crippen molar-refractivity contribution in [2.24, 2.45) is 4.99 Å². The highest BCUT2D eigenvalue weighted by molar-refractivity contribution is 14.0. The summed E-state index contributed by atoms with van der Waals surface area (Å²) in [5.41, 5.74) is 0. The van der Waals surface area contributed by atoms with Crippen LogP contribution in [0, 0.1) is 0 Å². The van der Waals surface area contributed by atoms with Gasteiger partial charge in [-0.3, -0.25) is 4.79 Å². The Morgan fingerprint density at radius 1 is 1.38 bits per heavy atom. The summed E-state index contributed by atoms with van der Waals surface area (Å²) in [5.74, 6) is 2.22. The van der Waals surface area contributed by atoms with Gasteiger partial charge in [-0.1, -0.05) is 6.92 Å². The van der Waals surface area contributed by atoms with Crippen LogP contribution in [0.25, 0.3) is 0 Å². The maximum absolute atomic E-state index is 11.7. The Morgan fingerprint density at radius 3 is 2.85 bits per heavy atom. The Labute approximate surface area is 170 Å². The van der Waals surface area contributed by atoms with E-state index in [-0.39, 0.29) is 36.4 Å². The molecule has 0 bridgehead atoms. The van der Waals surface area contributed by atoms with Crippen molar-refractivity contribution < 1.29 is 9.21 Å². The van der Waals surface area contributed by atoms with Gasteiger partial charge in [0.15, 0.2) is 5.96 Å². The molecule has 144 valence electrons. The first-order chi connectivity index (χ1) is 12.1. The third-order valence-electron chi connectivity index (χ3n) is 3.54. The lowest BCUT2D eigenvalue weighted by Gasteiger charge is -2.13. The number of aliphatic imine (C=N–C) groups is 1. The molecule has 0 spiro atoms. The SMILES string of the molecule is CCc1nncn1CCNC(=NCC(=O)N(C)C)NCc1ccco1.I. The smallest absolute Gasteiger partial charge is 0.243 e. The van der Waals surface area contributed by atoms with Crippen LogP contribution in [-0.4, -0.2) is 58.7 Å². The molecule has 0 aromatic carbocycles. The quantitative estimate of drug-likeness (QED) is 0.334. The molecule has 0 fully saturated rings. The second kappa shape index (κ2) is 11.5. The molecule has 0 saturated heterocycles. The van der Waals surface area contributed by atoms with E-state index in [1.54, 1.807) is 26.7 Å². The molecule has 2 aromatic rings. The van der Waals surface area contributed by atoms with Gasteiger partial charge in [-0.05, 0) is 12.1 Å². The van der Waals surface area contributed by atoms with E-state index in [1.807, 2.05) is 23.6 Å². The number of guanidine groups is 1. The summed E-state index contributed by atoms with van der Waals surface area (Å²) < 4.78 is 7.29. The number of furan rings is 1. The minimum Gasteiger partial charge on any atom is -0.467 e. The summed E-state index contributed by atoms with van der Waals surface area (Å²) in [4.78, 5) is 17.6. The number of hydrogen-bond donors (Lipinski definition) is 2. The zero-order chi connectivity index (χ0) is 18.1. The zero-order valence-electron chi connectivity index (χ0n) is 15.3. The minimum atomic E-state index is -0.0637. The Kier molecular flexibility index (Phi) is 9.70. The molecule has 9 nitrogen and oxygen atoms in total. The summed E-state index contributed by atoms with van der Waals surface area (Å²) in [5, 5.41) is 14.3. The molecule has 2 rings (SSSR count). The fourth-order valence-corrected chi connectivity index (χ4v) is 2.08. The van der Waals surface area contributed by atoms with Crippen molar-refractivity contribution in [3.63, 3.8) is 0 Å². The topological polar surface area (TPSA) is 101 Å². The van der Waals surface area contributed by atoms with Crippen molar-refractivity contribution in [1.29, 1.82) is 0 Å². The summed E-state index contributed by atoms with van der Waals surface area (Å²) in [6.07, 6.45) is 4.16. The van der Waals surface area contributed by atoms with Gasteiger partial charge in [0, 0.05) is 33.6 Å². The van der Waals surface area contributed by atoms with E-state index in [1.165, 1.54) is 4.90 Å². The largest absolute Gasteiger partial charge is 0.467 e. The molecular formula is C16H26IN7O2. The minimum absolute atomic E-state index is 0. The lowest BCUT2D eigenvalue weighted by atomic mass is 10.4. The average Bonchev–Trinajstić information content (AvgIpc) is 3.27. The Morgan fingerprint density at radius 2 is 2.19 bits per heavy atom. The molecule has 2 N–H and O–H groups in total. The molecule has 2 aromatic heterocycles. The average molecular weight is 475 g/mol. The first-order valence-corrected chi connectivity index (χ1v) is 8.21. The summed E-state index contributed by atoms with van der Waals surface area (Å²) in [7, 11) is 3.42. The van der Waals surface area contributed by atoms with Gasteiger partial charge in [-0.15, -0.1) is 34.2 Å². The number of carbonyl (C=O) groups excluding carboxylic acids is 1. The zero-order valence-corrected chi connectivity index (χ0v) is 17.6. The second-order valence-corrected chi connectivity index (χ2v) is 5.61. The fourth-order valence-electron chi connectivity index (χ4n) is 2.08. The van der Waals surface area contributed by atoms with Gasteiger partial charge in [-0.2, -0.15) is 0 Å². The van der Waals surface area contributed by atoms with E-state index in [0.717, 1.165) is 18.0 Å². The van der Waals surface area contributed by atoms with E-state index in [4.69, 9.17) is 4.42 Å². The normalized spacial score (nSPS) is 11.0. The van der Waals surface area contributed by atoms with Crippen molar-refractivity contribution in [1.82, 2.24) is 30.3 Å². The number of nitrogens with one attached hydrogen (secondary N) is 2. The predicted molar refractivity (Wildman–Crippen MR) is 109 cm³/mol. The van der Waals surface area contributed by atoms with Crippen LogP contribution in [0.1, 0.15) is 18.5 Å². The highest BCUT2D eigenvalue weighted by Crippen LogP contribution is 1.98. The number of nitrogens with zero attached hydrogens (tertiary/aromatic N) is 5. The highest BCUT2D eigenvalue weighted by atomic mass is 127. The Balaban J connectivity index is 0.00000338. The van der Waals surface area contributed by atoms with Crippen LogP contribution < -0.4 is 10.6 Å². The third kappa shape index (κ3) is 7.02. The van der Waals surface area contributed by atoms with Crippen LogP contribution >= 0.6 is 24.0 Å². The van der Waals surface area contributed by atoms with Crippen LogP contribution in [0.3, 0.4) is 0 Å². The van der Waals surface area contributed by atoms with Crippen LogP contribution in [-0.2, 0) is 24.3 Å². The highest BCUT2D eigenvalue weighted by Gasteiger charge is 2.06. The number of carbonyl (C=O) groups is 1. The summed E-state index contributed by atoms with van der Waals surface area (Å²) >= 11 is 0. The molecule has 0 radical (unpaired) electrons. The second-order valence-electron chi connectivity index (χ2n) is 5.61. The van der Waals surface area contributed by atoms with Gasteiger partial charge < -0.3 is 24.5 Å².